The molecule has 2 aromatic heterocycles. The topological polar surface area (TPSA) is 32.8 Å². The van der Waals surface area contributed by atoms with Crippen LogP contribution in [-0.4, -0.2) is 14.9 Å². The van der Waals surface area contributed by atoms with Crippen molar-refractivity contribution in [2.24, 2.45) is 0 Å². The van der Waals surface area contributed by atoms with Crippen LogP contribution in [0.2, 0.25) is 13.1 Å². The second-order valence-electron chi connectivity index (χ2n) is 18.4. The van der Waals surface area contributed by atoms with Crippen LogP contribution in [0.3, 0.4) is 0 Å². The Bertz CT molecular complexity index is 3480. The van der Waals surface area contributed by atoms with Crippen molar-refractivity contribution in [3.05, 3.63) is 163 Å². The van der Waals surface area contributed by atoms with Gasteiger partial charge in [0.15, 0.2) is 0 Å². The molecule has 8 aromatic carbocycles. The van der Waals surface area contributed by atoms with Gasteiger partial charge in [0.05, 0.1) is 16.8 Å². The molecular formula is C54H41BN2O2Si. The van der Waals surface area contributed by atoms with Crippen LogP contribution in [0.1, 0.15) is 26.3 Å². The van der Waals surface area contributed by atoms with E-state index in [0.717, 1.165) is 60.9 Å². The minimum absolute atomic E-state index is 0.0467. The summed E-state index contributed by atoms with van der Waals surface area (Å²) in [5.41, 5.74) is 18.3. The van der Waals surface area contributed by atoms with Crippen LogP contribution in [0.5, 0.6) is 0 Å². The molecule has 0 amide bonds. The van der Waals surface area contributed by atoms with E-state index < -0.39 is 8.07 Å². The van der Waals surface area contributed by atoms with Crippen molar-refractivity contribution in [3.63, 3.8) is 0 Å². The highest BCUT2D eigenvalue weighted by Gasteiger charge is 2.52. The summed E-state index contributed by atoms with van der Waals surface area (Å²) < 4.78 is 13.8. The van der Waals surface area contributed by atoms with Crippen LogP contribution < -0.4 is 31.0 Å². The zero-order valence-corrected chi connectivity index (χ0v) is 35.3. The quantitative estimate of drug-likeness (QED) is 0.163. The van der Waals surface area contributed by atoms with Gasteiger partial charge in [0, 0.05) is 49.9 Å². The van der Waals surface area contributed by atoms with Gasteiger partial charge in [-0.1, -0.05) is 149 Å². The van der Waals surface area contributed by atoms with E-state index in [4.69, 9.17) is 8.83 Å². The molecule has 0 unspecified atom stereocenters. The molecule has 60 heavy (non-hydrogen) atoms. The second-order valence-corrected chi connectivity index (χ2v) is 22.8. The first-order valence-electron chi connectivity index (χ1n) is 21.1. The maximum atomic E-state index is 7.08. The Labute approximate surface area is 350 Å². The summed E-state index contributed by atoms with van der Waals surface area (Å²) in [5, 5.41) is 7.42. The van der Waals surface area contributed by atoms with Crippen molar-refractivity contribution < 1.29 is 8.83 Å². The van der Waals surface area contributed by atoms with Crippen molar-refractivity contribution >= 4 is 109 Å². The third kappa shape index (κ3) is 4.36. The van der Waals surface area contributed by atoms with E-state index in [1.165, 1.54) is 60.5 Å². The van der Waals surface area contributed by atoms with E-state index in [0.29, 0.717) is 0 Å². The summed E-state index contributed by atoms with van der Waals surface area (Å²) in [5.74, 6) is 0. The Morgan fingerprint density at radius 1 is 0.533 bits per heavy atom. The second kappa shape index (κ2) is 11.7. The highest BCUT2D eigenvalue weighted by molar-refractivity contribution is 7.05. The largest absolute Gasteiger partial charge is 0.456 e. The summed E-state index contributed by atoms with van der Waals surface area (Å²) in [6, 6.07) is 58.4. The molecule has 0 bridgehead atoms. The van der Waals surface area contributed by atoms with Gasteiger partial charge in [0.1, 0.15) is 30.4 Å². The first-order chi connectivity index (χ1) is 29.2. The van der Waals surface area contributed by atoms with Gasteiger partial charge in [0.2, 0.25) is 0 Å². The Kier molecular flexibility index (Phi) is 6.66. The maximum Gasteiger partial charge on any atom is 0.333 e. The molecule has 10 aromatic rings. The SMILES string of the molecule is CC(C)(C)c1ccc(N2c3cc4c(oc5ccccc54)c4c3B(c3ccc5oc6ccccc6c5c32)N2c3ccccc3[Si](C)(C)c3cccc-4c32)c(-c2ccccc2)c1. The molecule has 0 atom stereocenters. The van der Waals surface area contributed by atoms with Crippen molar-refractivity contribution in [3.8, 4) is 22.3 Å². The Balaban J connectivity index is 1.26. The summed E-state index contributed by atoms with van der Waals surface area (Å²) in [6.45, 7) is 11.8. The van der Waals surface area contributed by atoms with Crippen molar-refractivity contribution in [2.75, 3.05) is 9.71 Å². The fourth-order valence-corrected chi connectivity index (χ4v) is 14.0. The minimum atomic E-state index is -2.14. The molecule has 0 spiro atoms. The maximum absolute atomic E-state index is 7.08. The Morgan fingerprint density at radius 2 is 1.25 bits per heavy atom. The van der Waals surface area contributed by atoms with Crippen LogP contribution in [0.15, 0.2) is 167 Å². The van der Waals surface area contributed by atoms with Crippen molar-refractivity contribution in [1.82, 2.24) is 0 Å². The fourth-order valence-electron chi connectivity index (χ4n) is 11.0. The molecule has 3 aliphatic heterocycles. The number of hydrogen-bond donors (Lipinski definition) is 0. The molecule has 286 valence electrons. The number of anilines is 5. The number of fused-ring (bicyclic) bond motifs is 14. The van der Waals surface area contributed by atoms with E-state index in [9.17, 15) is 0 Å². The monoisotopic (exact) mass is 788 g/mol. The number of benzene rings is 8. The van der Waals surface area contributed by atoms with Crippen LogP contribution in [0.25, 0.3) is 66.1 Å². The lowest BCUT2D eigenvalue weighted by Gasteiger charge is -2.51. The first-order valence-corrected chi connectivity index (χ1v) is 24.1. The van der Waals surface area contributed by atoms with E-state index in [1.807, 2.05) is 0 Å². The van der Waals surface area contributed by atoms with Gasteiger partial charge in [-0.05, 0) is 80.3 Å². The first kappa shape index (κ1) is 34.1. The normalized spacial score (nSPS) is 14.8. The predicted octanol–water partition coefficient (Wildman–Crippen LogP) is 12.3. The lowest BCUT2D eigenvalue weighted by molar-refractivity contribution is 0.590. The third-order valence-electron chi connectivity index (χ3n) is 13.8. The summed E-state index contributed by atoms with van der Waals surface area (Å²) in [6.07, 6.45) is 0. The number of para-hydroxylation sites is 4. The van der Waals surface area contributed by atoms with E-state index >= 15 is 0 Å². The summed E-state index contributed by atoms with van der Waals surface area (Å²) >= 11 is 0. The molecule has 0 aliphatic carbocycles. The molecular weight excluding hydrogens is 748 g/mol. The standard InChI is InChI=1S/C54H41BN2O2Si/c1-54(2,3)33-26-28-40(37(30-33)32-16-7-6-8-17-32)56-42-31-38-34-18-9-12-22-43(34)59-53(38)49-36-20-15-25-47-51(36)57(41-21-11-14-24-46(41)60(47,4)5)55(50(42)49)39-27-29-45-48(52(39)56)35-19-10-13-23-44(35)58-45/h6-31H,1-5H3. The van der Waals surface area contributed by atoms with Crippen molar-refractivity contribution in [2.45, 2.75) is 39.3 Å². The molecule has 0 N–H and O–H groups in total. The highest BCUT2D eigenvalue weighted by atomic mass is 28.3. The Hall–Kier alpha value is -6.76. The number of hydrogen-bond acceptors (Lipinski definition) is 4. The molecule has 3 aliphatic rings. The number of rotatable bonds is 2. The Morgan fingerprint density at radius 3 is 2.07 bits per heavy atom. The predicted molar refractivity (Wildman–Crippen MR) is 256 cm³/mol. The van der Waals surface area contributed by atoms with E-state index in [2.05, 4.69) is 201 Å². The molecule has 0 saturated carbocycles. The smallest absolute Gasteiger partial charge is 0.333 e. The minimum Gasteiger partial charge on any atom is -0.456 e. The molecule has 0 fully saturated rings. The van der Waals surface area contributed by atoms with E-state index in [1.54, 1.807) is 0 Å². The third-order valence-corrected chi connectivity index (χ3v) is 17.3. The van der Waals surface area contributed by atoms with E-state index in [-0.39, 0.29) is 12.3 Å². The van der Waals surface area contributed by atoms with Gasteiger partial charge in [-0.2, -0.15) is 0 Å². The highest BCUT2D eigenvalue weighted by Crippen LogP contribution is 2.54. The lowest BCUT2D eigenvalue weighted by atomic mass is 9.43. The van der Waals surface area contributed by atoms with Crippen LogP contribution in [0, 0.1) is 0 Å². The van der Waals surface area contributed by atoms with Gasteiger partial charge in [0.25, 0.3) is 0 Å². The number of furan rings is 2. The molecule has 6 heteroatoms. The molecule has 4 nitrogen and oxygen atoms in total. The molecule has 13 rings (SSSR count). The van der Waals surface area contributed by atoms with Crippen LogP contribution in [-0.2, 0) is 5.41 Å². The van der Waals surface area contributed by atoms with Gasteiger partial charge < -0.3 is 18.5 Å². The van der Waals surface area contributed by atoms with Crippen molar-refractivity contribution in [1.29, 1.82) is 0 Å². The van der Waals surface area contributed by atoms with Gasteiger partial charge >= 0.3 is 6.85 Å². The summed E-state index contributed by atoms with van der Waals surface area (Å²) in [4.78, 5) is 5.29. The van der Waals surface area contributed by atoms with Gasteiger partial charge in [-0.3, -0.25) is 0 Å². The molecule has 0 radical (unpaired) electrons. The fraction of sp³-hybridized carbons (Fsp3) is 0.111. The zero-order chi connectivity index (χ0) is 40.2. The van der Waals surface area contributed by atoms with Gasteiger partial charge in [-0.15, -0.1) is 0 Å². The van der Waals surface area contributed by atoms with Crippen LogP contribution in [0.4, 0.5) is 28.4 Å². The zero-order valence-electron chi connectivity index (χ0n) is 34.3. The van der Waals surface area contributed by atoms with Gasteiger partial charge in [-0.25, -0.2) is 0 Å². The molecule has 0 saturated heterocycles. The number of nitrogens with zero attached hydrogens (tertiary/aromatic N) is 2. The molecule has 5 heterocycles. The van der Waals surface area contributed by atoms with Crippen LogP contribution >= 0.6 is 0 Å². The average molecular weight is 789 g/mol. The average Bonchev–Trinajstić information content (AvgIpc) is 3.84. The lowest BCUT2D eigenvalue weighted by Crippen LogP contribution is -2.68. The summed E-state index contributed by atoms with van der Waals surface area (Å²) in [7, 11) is -2.14.